The molecule has 0 amide bonds. The Hall–Kier alpha value is -3.30. The lowest BCUT2D eigenvalue weighted by molar-refractivity contribution is 0.0676. The topological polar surface area (TPSA) is 166 Å². The average Bonchev–Trinajstić information content (AvgIpc) is 3.00. The zero-order valence-electron chi connectivity index (χ0n) is 9.42. The fraction of sp³-hybridized carbons (Fsp3) is 0. The second-order valence-corrected chi connectivity index (χ2v) is 3.91. The molecule has 0 radical (unpaired) electrons. The molecule has 0 bridgehead atoms. The number of rotatable bonds is 2. The minimum atomic E-state index is -1.46. The molecule has 10 heteroatoms. The van der Waals surface area contributed by atoms with Crippen LogP contribution in [0, 0.1) is 0 Å². The maximum Gasteiger partial charge on any atom is 0.354 e. The van der Waals surface area contributed by atoms with Gasteiger partial charge in [-0.15, -0.1) is 0 Å². The zero-order valence-corrected chi connectivity index (χ0v) is 9.42. The maximum atomic E-state index is 12.1. The number of aromatic nitrogens is 4. The summed E-state index contributed by atoms with van der Waals surface area (Å²) in [4.78, 5) is 46.2. The maximum absolute atomic E-state index is 12.1. The Bertz CT molecular complexity index is 746. The van der Waals surface area contributed by atoms with Crippen molar-refractivity contribution >= 4 is 23.5 Å². The molecule has 0 unspecified atom stereocenters. The SMILES string of the molecule is O=C(O)c1[nH]nc2c1C(=O)c1n[nH]c(C(=O)O)c1C2=O. The number of nitrogens with one attached hydrogen (secondary N) is 2. The molecule has 1 aliphatic carbocycles. The number of nitrogens with zero attached hydrogens (tertiary/aromatic N) is 2. The smallest absolute Gasteiger partial charge is 0.354 e. The molecule has 2 heterocycles. The number of carbonyl (C=O) groups is 4. The molecule has 10 nitrogen and oxygen atoms in total. The first-order valence-electron chi connectivity index (χ1n) is 5.16. The van der Waals surface area contributed by atoms with Crippen LogP contribution in [0.1, 0.15) is 53.1 Å². The van der Waals surface area contributed by atoms with E-state index in [1.165, 1.54) is 0 Å². The Labute approximate surface area is 108 Å². The summed E-state index contributed by atoms with van der Waals surface area (Å²) < 4.78 is 0. The number of fused-ring (bicyclic) bond motifs is 2. The van der Waals surface area contributed by atoms with E-state index in [0.717, 1.165) is 0 Å². The highest BCUT2D eigenvalue weighted by molar-refractivity contribution is 6.30. The van der Waals surface area contributed by atoms with Crippen LogP contribution in [0.15, 0.2) is 0 Å². The third-order valence-electron chi connectivity index (χ3n) is 2.84. The quantitative estimate of drug-likeness (QED) is 0.476. The fourth-order valence-corrected chi connectivity index (χ4v) is 2.00. The van der Waals surface area contributed by atoms with Crippen LogP contribution in [0.2, 0.25) is 0 Å². The number of H-pyrrole nitrogens is 2. The number of carboxylic acids is 2. The van der Waals surface area contributed by atoms with Crippen molar-refractivity contribution in [3.8, 4) is 0 Å². The van der Waals surface area contributed by atoms with Crippen molar-refractivity contribution in [3.63, 3.8) is 0 Å². The van der Waals surface area contributed by atoms with Crippen molar-refractivity contribution in [2.75, 3.05) is 0 Å². The van der Waals surface area contributed by atoms with E-state index in [2.05, 4.69) is 20.4 Å². The van der Waals surface area contributed by atoms with Gasteiger partial charge in [0.1, 0.15) is 11.4 Å². The molecule has 0 saturated heterocycles. The first-order valence-corrected chi connectivity index (χ1v) is 5.16. The number of carbonyl (C=O) groups excluding carboxylic acids is 2. The number of ketones is 2. The van der Waals surface area contributed by atoms with E-state index in [-0.39, 0.29) is 0 Å². The summed E-state index contributed by atoms with van der Waals surface area (Å²) in [5.41, 5.74) is -2.77. The van der Waals surface area contributed by atoms with Crippen molar-refractivity contribution in [3.05, 3.63) is 33.9 Å². The zero-order chi connectivity index (χ0) is 14.6. The van der Waals surface area contributed by atoms with Crippen molar-refractivity contribution in [1.82, 2.24) is 20.4 Å². The summed E-state index contributed by atoms with van der Waals surface area (Å²) in [6, 6.07) is 0. The summed E-state index contributed by atoms with van der Waals surface area (Å²) in [6.07, 6.45) is 0. The molecule has 3 rings (SSSR count). The van der Waals surface area contributed by atoms with Gasteiger partial charge in [0.15, 0.2) is 11.4 Å². The Morgan fingerprint density at radius 1 is 0.800 bits per heavy atom. The minimum Gasteiger partial charge on any atom is -0.477 e. The van der Waals surface area contributed by atoms with Crippen molar-refractivity contribution < 1.29 is 29.4 Å². The summed E-state index contributed by atoms with van der Waals surface area (Å²) in [5, 5.41) is 28.9. The van der Waals surface area contributed by atoms with Gasteiger partial charge in [0.2, 0.25) is 11.6 Å². The average molecular weight is 276 g/mol. The van der Waals surface area contributed by atoms with E-state index < -0.39 is 57.4 Å². The third kappa shape index (κ3) is 1.27. The van der Waals surface area contributed by atoms with Gasteiger partial charge in [0.05, 0.1) is 11.1 Å². The molecule has 20 heavy (non-hydrogen) atoms. The summed E-state index contributed by atoms with van der Waals surface area (Å²) in [6.45, 7) is 0. The van der Waals surface area contributed by atoms with Gasteiger partial charge in [-0.2, -0.15) is 10.2 Å². The molecule has 2 aromatic heterocycles. The van der Waals surface area contributed by atoms with Crippen LogP contribution in [0.5, 0.6) is 0 Å². The van der Waals surface area contributed by atoms with Crippen molar-refractivity contribution in [2.24, 2.45) is 0 Å². The predicted octanol–water partition coefficient (Wildman–Crippen LogP) is -0.695. The lowest BCUT2D eigenvalue weighted by Crippen LogP contribution is -2.23. The van der Waals surface area contributed by atoms with Crippen LogP contribution in [0.25, 0.3) is 0 Å². The molecule has 1 aliphatic rings. The molecule has 2 aromatic rings. The Balaban J connectivity index is 2.30. The van der Waals surface area contributed by atoms with Crippen LogP contribution in [0.4, 0.5) is 0 Å². The largest absolute Gasteiger partial charge is 0.477 e. The van der Waals surface area contributed by atoms with Gasteiger partial charge in [-0.1, -0.05) is 0 Å². The Morgan fingerprint density at radius 2 is 1.15 bits per heavy atom. The van der Waals surface area contributed by atoms with Crippen molar-refractivity contribution in [2.45, 2.75) is 0 Å². The van der Waals surface area contributed by atoms with Gasteiger partial charge >= 0.3 is 11.9 Å². The first kappa shape index (κ1) is 11.8. The van der Waals surface area contributed by atoms with E-state index in [1.807, 2.05) is 0 Å². The van der Waals surface area contributed by atoms with Gasteiger partial charge in [0.25, 0.3) is 0 Å². The highest BCUT2D eigenvalue weighted by Crippen LogP contribution is 2.28. The van der Waals surface area contributed by atoms with E-state index >= 15 is 0 Å². The summed E-state index contributed by atoms with van der Waals surface area (Å²) in [7, 11) is 0. The highest BCUT2D eigenvalue weighted by atomic mass is 16.4. The molecular formula is C10H4N4O6. The first-order chi connectivity index (χ1) is 9.43. The summed E-state index contributed by atoms with van der Waals surface area (Å²) >= 11 is 0. The predicted molar refractivity (Wildman–Crippen MR) is 58.0 cm³/mol. The molecule has 100 valence electrons. The fourth-order valence-electron chi connectivity index (χ4n) is 2.00. The lowest BCUT2D eigenvalue weighted by atomic mass is 9.90. The summed E-state index contributed by atoms with van der Waals surface area (Å²) in [5.74, 6) is -4.66. The number of aromatic amines is 2. The second kappa shape index (κ2) is 3.60. The number of aromatic carboxylic acids is 2. The third-order valence-corrected chi connectivity index (χ3v) is 2.84. The molecule has 0 aromatic carbocycles. The Morgan fingerprint density at radius 3 is 1.45 bits per heavy atom. The van der Waals surface area contributed by atoms with Crippen LogP contribution < -0.4 is 0 Å². The minimum absolute atomic E-state index is 0.418. The molecule has 0 saturated carbocycles. The van der Waals surface area contributed by atoms with Crippen LogP contribution in [-0.4, -0.2) is 54.1 Å². The normalized spacial score (nSPS) is 13.0. The number of hydrogen-bond acceptors (Lipinski definition) is 6. The molecule has 0 spiro atoms. The number of carboxylic acid groups (broad SMARTS) is 2. The monoisotopic (exact) mass is 276 g/mol. The van der Waals surface area contributed by atoms with E-state index in [4.69, 9.17) is 10.2 Å². The molecule has 0 fully saturated rings. The van der Waals surface area contributed by atoms with Crippen LogP contribution in [0.3, 0.4) is 0 Å². The molecule has 0 aliphatic heterocycles. The van der Waals surface area contributed by atoms with Gasteiger partial charge in [-0.25, -0.2) is 9.59 Å². The highest BCUT2D eigenvalue weighted by Gasteiger charge is 2.41. The van der Waals surface area contributed by atoms with E-state index in [9.17, 15) is 19.2 Å². The van der Waals surface area contributed by atoms with E-state index in [1.54, 1.807) is 0 Å². The Kier molecular flexibility index (Phi) is 2.12. The van der Waals surface area contributed by atoms with Gasteiger partial charge in [-0.3, -0.25) is 19.8 Å². The standard InChI is InChI=1S/C10H4N4O6/c15-7-1-3(11-13-5(1)9(17)18)8(16)2-4(7)12-14-6(2)10(19)20/h(H,11,13)(H,12,14)(H,17,18)(H,19,20). The van der Waals surface area contributed by atoms with Gasteiger partial charge in [0, 0.05) is 0 Å². The van der Waals surface area contributed by atoms with Crippen molar-refractivity contribution in [1.29, 1.82) is 0 Å². The van der Waals surface area contributed by atoms with Crippen LogP contribution in [-0.2, 0) is 0 Å². The van der Waals surface area contributed by atoms with Gasteiger partial charge < -0.3 is 10.2 Å². The second-order valence-electron chi connectivity index (χ2n) is 3.91. The molecule has 0 atom stereocenters. The molecular weight excluding hydrogens is 272 g/mol. The van der Waals surface area contributed by atoms with Crippen LogP contribution >= 0.6 is 0 Å². The van der Waals surface area contributed by atoms with E-state index in [0.29, 0.717) is 0 Å². The number of hydrogen-bond donors (Lipinski definition) is 4. The van der Waals surface area contributed by atoms with Gasteiger partial charge in [-0.05, 0) is 0 Å². The molecule has 4 N–H and O–H groups in total. The lowest BCUT2D eigenvalue weighted by Gasteiger charge is -2.08.